The number of nitrogens with one attached hydrogen (secondary N) is 2. The zero-order chi connectivity index (χ0) is 21.1. The minimum absolute atomic E-state index is 0.0573. The van der Waals surface area contributed by atoms with Gasteiger partial charge in [0.15, 0.2) is 11.2 Å². The van der Waals surface area contributed by atoms with Gasteiger partial charge in [0.2, 0.25) is 5.95 Å². The lowest BCUT2D eigenvalue weighted by atomic mass is 10.1. The van der Waals surface area contributed by atoms with Gasteiger partial charge < -0.3 is 19.9 Å². The third-order valence-electron chi connectivity index (χ3n) is 4.75. The minimum Gasteiger partial charge on any atom is -0.369 e. The Bertz CT molecular complexity index is 781. The summed E-state index contributed by atoms with van der Waals surface area (Å²) in [4.78, 5) is 32.6. The van der Waals surface area contributed by atoms with Crippen molar-refractivity contribution in [1.29, 1.82) is 0 Å². The highest BCUT2D eigenvalue weighted by atomic mass is 31.2. The highest BCUT2D eigenvalue weighted by molar-refractivity contribution is 7.49. The fourth-order valence-corrected chi connectivity index (χ4v) is 4.05. The third-order valence-corrected chi connectivity index (χ3v) is 5.74. The molecule has 0 bridgehead atoms. The molecule has 2 unspecified atom stereocenters. The number of aromatic nitrogens is 4. The molecule has 2 rings (SSSR count). The number of anilines is 1. The van der Waals surface area contributed by atoms with Crippen molar-refractivity contribution in [2.24, 2.45) is 0 Å². The van der Waals surface area contributed by atoms with Crippen molar-refractivity contribution in [3.63, 3.8) is 0 Å². The summed E-state index contributed by atoms with van der Waals surface area (Å²) in [5.41, 5.74) is 5.93. The molecule has 0 radical (unpaired) electrons. The number of nitrogens with two attached hydrogens (primary N) is 1. The number of aromatic amines is 1. The van der Waals surface area contributed by atoms with E-state index in [1.54, 1.807) is 10.9 Å². The summed E-state index contributed by atoms with van der Waals surface area (Å²) >= 11 is 0. The smallest absolute Gasteiger partial charge is 0.280 e. The number of hydrogen-bond donors (Lipinski definition) is 4. The Labute approximate surface area is 173 Å². The molecule has 0 saturated heterocycles. The van der Waals surface area contributed by atoms with Gasteiger partial charge in [-0.25, -0.2) is 4.98 Å². The Morgan fingerprint density at radius 3 is 2.69 bits per heavy atom. The summed E-state index contributed by atoms with van der Waals surface area (Å²) in [6.45, 7) is 5.42. The van der Waals surface area contributed by atoms with Crippen molar-refractivity contribution in [3.8, 4) is 0 Å². The number of nitrogens with zero attached hydrogens (tertiary/aromatic N) is 3. The van der Waals surface area contributed by atoms with Crippen LogP contribution in [-0.2, 0) is 11.3 Å². The molecule has 0 saturated carbocycles. The molecule has 0 aliphatic carbocycles. The molecule has 2 atom stereocenters. The maximum absolute atomic E-state index is 11.8. The lowest BCUT2D eigenvalue weighted by molar-refractivity contribution is 0.0857. The largest absolute Gasteiger partial charge is 0.369 e. The fourth-order valence-electron chi connectivity index (χ4n) is 3.14. The molecule has 5 N–H and O–H groups in total. The second-order valence-corrected chi connectivity index (χ2v) is 8.78. The van der Waals surface area contributed by atoms with Crippen molar-refractivity contribution in [2.75, 3.05) is 18.6 Å². The zero-order valence-corrected chi connectivity index (χ0v) is 18.5. The first-order chi connectivity index (χ1) is 14.0. The Morgan fingerprint density at radius 1 is 1.28 bits per heavy atom. The van der Waals surface area contributed by atoms with Gasteiger partial charge in [-0.3, -0.25) is 14.9 Å². The fraction of sp³-hybridized carbons (Fsp3) is 0.737. The van der Waals surface area contributed by atoms with Crippen LogP contribution in [0.3, 0.4) is 0 Å². The predicted octanol–water partition coefficient (Wildman–Crippen LogP) is 3.10. The molecule has 0 spiro atoms. The van der Waals surface area contributed by atoms with Crippen LogP contribution in [0.15, 0.2) is 11.1 Å². The average Bonchev–Trinajstić information content (AvgIpc) is 3.08. The molecule has 9 nitrogen and oxygen atoms in total. The van der Waals surface area contributed by atoms with E-state index in [1.165, 1.54) is 44.9 Å². The number of imidazole rings is 1. The van der Waals surface area contributed by atoms with Crippen molar-refractivity contribution in [3.05, 3.63) is 16.7 Å². The number of ether oxygens (including phenoxy) is 1. The van der Waals surface area contributed by atoms with E-state index >= 15 is 0 Å². The predicted molar refractivity (Wildman–Crippen MR) is 118 cm³/mol. The Balaban J connectivity index is 1.60. The molecular formula is C19H35N6O3P. The summed E-state index contributed by atoms with van der Waals surface area (Å²) in [6.07, 6.45) is 11.8. The van der Waals surface area contributed by atoms with Gasteiger partial charge in [-0.1, -0.05) is 51.9 Å². The molecule has 29 heavy (non-hydrogen) atoms. The number of H-pyrrole nitrogens is 1. The number of unbranched alkanes of at least 4 members (excludes halogenated alkanes) is 7. The molecule has 164 valence electrons. The van der Waals surface area contributed by atoms with Gasteiger partial charge >= 0.3 is 0 Å². The van der Waals surface area contributed by atoms with E-state index in [2.05, 4.69) is 27.0 Å². The van der Waals surface area contributed by atoms with Crippen molar-refractivity contribution in [1.82, 2.24) is 24.6 Å². The maximum atomic E-state index is 11.8. The van der Waals surface area contributed by atoms with Gasteiger partial charge in [0.05, 0.1) is 19.0 Å². The Kier molecular flexibility index (Phi) is 10.6. The van der Waals surface area contributed by atoms with Crippen LogP contribution in [0, 0.1) is 0 Å². The SMILES string of the molecule is CCCCCCCCCCNP(O)COC(C)Cn1cnc2c(=O)[nH]c(N)nc21. The molecule has 0 amide bonds. The number of fused-ring (bicyclic) bond motifs is 1. The average molecular weight is 427 g/mol. The summed E-state index contributed by atoms with van der Waals surface area (Å²) in [5.74, 6) is 0.0573. The molecular weight excluding hydrogens is 391 g/mol. The van der Waals surface area contributed by atoms with E-state index in [9.17, 15) is 9.69 Å². The summed E-state index contributed by atoms with van der Waals surface area (Å²) in [6, 6.07) is 0. The summed E-state index contributed by atoms with van der Waals surface area (Å²) in [5, 5.41) is 3.15. The Morgan fingerprint density at radius 2 is 1.97 bits per heavy atom. The number of hydrogen-bond acceptors (Lipinski definition) is 7. The number of rotatable bonds is 15. The molecule has 10 heteroatoms. The van der Waals surface area contributed by atoms with Crippen molar-refractivity contribution < 1.29 is 9.63 Å². The quantitative estimate of drug-likeness (QED) is 0.254. The van der Waals surface area contributed by atoms with E-state index in [0.717, 1.165) is 13.0 Å². The first-order valence-electron chi connectivity index (χ1n) is 10.5. The van der Waals surface area contributed by atoms with Crippen LogP contribution in [0.25, 0.3) is 11.2 Å². The van der Waals surface area contributed by atoms with Crippen LogP contribution in [0.2, 0.25) is 0 Å². The van der Waals surface area contributed by atoms with E-state index in [-0.39, 0.29) is 29.5 Å². The lowest BCUT2D eigenvalue weighted by Crippen LogP contribution is -2.20. The molecule has 2 heterocycles. The van der Waals surface area contributed by atoms with Crippen LogP contribution >= 0.6 is 8.30 Å². The van der Waals surface area contributed by atoms with Gasteiger partial charge in [-0.2, -0.15) is 4.98 Å². The highest BCUT2D eigenvalue weighted by Crippen LogP contribution is 2.25. The van der Waals surface area contributed by atoms with Gasteiger partial charge in [-0.15, -0.1) is 0 Å². The van der Waals surface area contributed by atoms with Gasteiger partial charge in [0.1, 0.15) is 14.6 Å². The van der Waals surface area contributed by atoms with E-state index in [0.29, 0.717) is 12.2 Å². The van der Waals surface area contributed by atoms with Crippen LogP contribution in [0.1, 0.15) is 65.2 Å². The van der Waals surface area contributed by atoms with Gasteiger partial charge in [0, 0.05) is 6.54 Å². The molecule has 2 aromatic rings. The summed E-state index contributed by atoms with van der Waals surface area (Å²) in [7, 11) is -1.34. The van der Waals surface area contributed by atoms with Gasteiger partial charge in [-0.05, 0) is 13.3 Å². The van der Waals surface area contributed by atoms with Crippen LogP contribution < -0.4 is 16.4 Å². The molecule has 0 fully saturated rings. The first kappa shape index (κ1) is 23.7. The minimum atomic E-state index is -1.34. The van der Waals surface area contributed by atoms with Crippen LogP contribution in [-0.4, -0.2) is 43.4 Å². The first-order valence-corrected chi connectivity index (χ1v) is 12.0. The van der Waals surface area contributed by atoms with Gasteiger partial charge in [0.25, 0.3) is 5.56 Å². The standard InChI is InChI=1S/C19H35N6O3P/c1-3-4-5-6-7-8-9-10-11-22-29(27)14-28-15(2)12-25-13-21-16-17(25)23-19(20)24-18(16)26/h13,15,22,27H,3-12,14H2,1-2H3,(H3,20,23,24,26). The van der Waals surface area contributed by atoms with Crippen molar-refractivity contribution in [2.45, 2.75) is 77.9 Å². The second-order valence-electron chi connectivity index (χ2n) is 7.41. The second kappa shape index (κ2) is 12.9. The number of nitrogen functional groups attached to an aromatic ring is 1. The highest BCUT2D eigenvalue weighted by Gasteiger charge is 2.13. The molecule has 0 aliphatic heterocycles. The lowest BCUT2D eigenvalue weighted by Gasteiger charge is -2.17. The topological polar surface area (TPSA) is 131 Å². The zero-order valence-electron chi connectivity index (χ0n) is 17.6. The Hall–Kier alpha value is -1.54. The molecule has 2 aromatic heterocycles. The van der Waals surface area contributed by atoms with E-state index in [4.69, 9.17) is 10.5 Å². The van der Waals surface area contributed by atoms with E-state index in [1.807, 2.05) is 6.92 Å². The monoisotopic (exact) mass is 426 g/mol. The normalized spacial score (nSPS) is 13.8. The molecule has 0 aromatic carbocycles. The third kappa shape index (κ3) is 8.38. The maximum Gasteiger partial charge on any atom is 0.280 e. The molecule has 0 aliphatic rings. The van der Waals surface area contributed by atoms with Crippen LogP contribution in [0.4, 0.5) is 5.95 Å². The van der Waals surface area contributed by atoms with Crippen LogP contribution in [0.5, 0.6) is 0 Å². The van der Waals surface area contributed by atoms with E-state index < -0.39 is 8.30 Å². The van der Waals surface area contributed by atoms with Crippen molar-refractivity contribution >= 4 is 25.4 Å². The summed E-state index contributed by atoms with van der Waals surface area (Å²) < 4.78 is 7.48.